The number of aryl methyl sites for hydroxylation is 1. The van der Waals surface area contributed by atoms with Crippen LogP contribution in [-0.4, -0.2) is 21.9 Å². The smallest absolute Gasteiger partial charge is 0.141 e. The molecule has 2 aromatic rings. The number of hydrogen-bond acceptors (Lipinski definition) is 7. The van der Waals surface area contributed by atoms with Crippen molar-refractivity contribution >= 4 is 28.7 Å². The van der Waals surface area contributed by atoms with Crippen molar-refractivity contribution in [3.05, 3.63) is 41.9 Å². The summed E-state index contributed by atoms with van der Waals surface area (Å²) in [4.78, 5) is 29.3. The molecule has 0 fully saturated rings. The Morgan fingerprint density at radius 2 is 1.90 bits per heavy atom. The third-order valence-corrected chi connectivity index (χ3v) is 2.66. The maximum absolute atomic E-state index is 10.6. The lowest BCUT2D eigenvalue weighted by molar-refractivity contribution is -0.312. The van der Waals surface area contributed by atoms with Crippen molar-refractivity contribution in [2.24, 2.45) is 0 Å². The van der Waals surface area contributed by atoms with E-state index in [0.717, 1.165) is 11.8 Å². The van der Waals surface area contributed by atoms with Gasteiger partial charge in [-0.2, -0.15) is 0 Å². The summed E-state index contributed by atoms with van der Waals surface area (Å²) in [6.07, 6.45) is 2.07. The van der Waals surface area contributed by atoms with Gasteiger partial charge in [0.05, 0.1) is 17.5 Å². The first kappa shape index (κ1) is 13.5. The van der Waals surface area contributed by atoms with Gasteiger partial charge in [0.2, 0.25) is 0 Å². The number of carbonyl (C=O) groups excluding carboxylic acids is 2. The average Bonchev–Trinajstić information content (AvgIpc) is 2.39. The zero-order chi connectivity index (χ0) is 14.7. The summed E-state index contributed by atoms with van der Waals surface area (Å²) in [6, 6.07) is 5.38. The zero-order valence-corrected chi connectivity index (χ0v) is 10.4. The second-order valence-corrected chi connectivity index (χ2v) is 3.97. The standard InChI is InChI=1S/C13H11N3O4/c1-7-3-2-4-8-10(7)15-6-16-11(8)14-5-9(12(17)18)13(19)20/h2-6H,1H3,(H,17,18)(H,19,20)(H,14,15,16)/p-2. The van der Waals surface area contributed by atoms with E-state index in [0.29, 0.717) is 16.7 Å². The summed E-state index contributed by atoms with van der Waals surface area (Å²) in [5.74, 6) is -3.39. The largest absolute Gasteiger partial charge is 0.545 e. The number of nitrogens with zero attached hydrogens (tertiary/aromatic N) is 2. The van der Waals surface area contributed by atoms with E-state index in [2.05, 4.69) is 15.3 Å². The quantitative estimate of drug-likeness (QED) is 0.418. The number of nitrogens with one attached hydrogen (secondary N) is 1. The highest BCUT2D eigenvalue weighted by atomic mass is 16.4. The van der Waals surface area contributed by atoms with Crippen molar-refractivity contribution in [2.45, 2.75) is 6.92 Å². The van der Waals surface area contributed by atoms with Crippen LogP contribution >= 0.6 is 0 Å². The third-order valence-electron chi connectivity index (χ3n) is 2.66. The molecule has 0 aliphatic carbocycles. The van der Waals surface area contributed by atoms with Crippen LogP contribution in [0.1, 0.15) is 5.56 Å². The summed E-state index contributed by atoms with van der Waals surface area (Å²) >= 11 is 0. The molecule has 1 aromatic heterocycles. The molecule has 20 heavy (non-hydrogen) atoms. The van der Waals surface area contributed by atoms with Gasteiger partial charge in [-0.05, 0) is 18.6 Å². The monoisotopic (exact) mass is 271 g/mol. The molecule has 7 nitrogen and oxygen atoms in total. The number of fused-ring (bicyclic) bond motifs is 1. The fraction of sp³-hybridized carbons (Fsp3) is 0.0769. The Hall–Kier alpha value is -2.96. The lowest BCUT2D eigenvalue weighted by Gasteiger charge is -2.11. The normalized spacial score (nSPS) is 10.1. The second kappa shape index (κ2) is 5.35. The van der Waals surface area contributed by atoms with E-state index in [-0.39, 0.29) is 0 Å². The van der Waals surface area contributed by atoms with Crippen molar-refractivity contribution in [1.82, 2.24) is 9.97 Å². The summed E-state index contributed by atoms with van der Waals surface area (Å²) in [7, 11) is 0. The number of anilines is 1. The van der Waals surface area contributed by atoms with Gasteiger partial charge in [0.25, 0.3) is 0 Å². The van der Waals surface area contributed by atoms with Gasteiger partial charge >= 0.3 is 0 Å². The van der Waals surface area contributed by atoms with E-state index in [1.54, 1.807) is 12.1 Å². The van der Waals surface area contributed by atoms with Gasteiger partial charge in [-0.3, -0.25) is 0 Å². The Kier molecular flexibility index (Phi) is 3.60. The van der Waals surface area contributed by atoms with Crippen LogP contribution in [-0.2, 0) is 9.59 Å². The molecule has 0 aliphatic rings. The van der Waals surface area contributed by atoms with E-state index < -0.39 is 17.5 Å². The fourth-order valence-corrected chi connectivity index (χ4v) is 1.69. The van der Waals surface area contributed by atoms with Gasteiger partial charge in [0.1, 0.15) is 12.1 Å². The number of benzene rings is 1. The van der Waals surface area contributed by atoms with Gasteiger partial charge in [-0.25, -0.2) is 9.97 Å². The van der Waals surface area contributed by atoms with Crippen LogP contribution in [0.25, 0.3) is 10.9 Å². The van der Waals surface area contributed by atoms with E-state index in [9.17, 15) is 19.8 Å². The SMILES string of the molecule is Cc1cccc2c(NC=C(C(=O)[O-])C(=O)[O-])ncnc12. The van der Waals surface area contributed by atoms with E-state index >= 15 is 0 Å². The molecule has 0 bridgehead atoms. The minimum absolute atomic E-state index is 0.290. The van der Waals surface area contributed by atoms with E-state index in [1.807, 2.05) is 13.0 Å². The third kappa shape index (κ3) is 2.56. The predicted molar refractivity (Wildman–Crippen MR) is 66.0 cm³/mol. The molecule has 1 N–H and O–H groups in total. The average molecular weight is 271 g/mol. The fourth-order valence-electron chi connectivity index (χ4n) is 1.69. The van der Waals surface area contributed by atoms with Gasteiger partial charge < -0.3 is 25.1 Å². The highest BCUT2D eigenvalue weighted by Crippen LogP contribution is 2.21. The molecule has 1 aromatic carbocycles. The van der Waals surface area contributed by atoms with Crippen molar-refractivity contribution in [2.75, 3.05) is 5.32 Å². The summed E-state index contributed by atoms with van der Waals surface area (Å²) < 4.78 is 0. The van der Waals surface area contributed by atoms with Crippen LogP contribution in [0.15, 0.2) is 36.3 Å². The van der Waals surface area contributed by atoms with Crippen LogP contribution < -0.4 is 15.5 Å². The van der Waals surface area contributed by atoms with E-state index in [4.69, 9.17) is 0 Å². The van der Waals surface area contributed by atoms with Crippen LogP contribution in [0.2, 0.25) is 0 Å². The maximum Gasteiger partial charge on any atom is 0.141 e. The van der Waals surface area contributed by atoms with E-state index in [1.165, 1.54) is 6.33 Å². The molecule has 102 valence electrons. The number of carbonyl (C=O) groups is 2. The van der Waals surface area contributed by atoms with Gasteiger partial charge in [-0.15, -0.1) is 0 Å². The van der Waals surface area contributed by atoms with Crippen molar-refractivity contribution < 1.29 is 19.8 Å². The number of hydrogen-bond donors (Lipinski definition) is 1. The summed E-state index contributed by atoms with van der Waals surface area (Å²) in [6.45, 7) is 1.86. The summed E-state index contributed by atoms with van der Waals surface area (Å²) in [5.41, 5.74) is 0.600. The zero-order valence-electron chi connectivity index (χ0n) is 10.4. The first-order chi connectivity index (χ1) is 9.50. The van der Waals surface area contributed by atoms with Crippen LogP contribution in [0, 0.1) is 6.92 Å². The molecule has 0 saturated carbocycles. The van der Waals surface area contributed by atoms with Gasteiger partial charge in [-0.1, -0.05) is 12.1 Å². The lowest BCUT2D eigenvalue weighted by atomic mass is 10.1. The lowest BCUT2D eigenvalue weighted by Crippen LogP contribution is -2.36. The van der Waals surface area contributed by atoms with Crippen molar-refractivity contribution in [1.29, 1.82) is 0 Å². The summed E-state index contributed by atoms with van der Waals surface area (Å²) in [5, 5.41) is 24.4. The molecular weight excluding hydrogens is 262 g/mol. The first-order valence-corrected chi connectivity index (χ1v) is 5.60. The molecular formula is C13H9N3O4-2. The first-order valence-electron chi connectivity index (χ1n) is 5.60. The predicted octanol–water partition coefficient (Wildman–Crippen LogP) is -1.27. The van der Waals surface area contributed by atoms with Crippen LogP contribution in [0.3, 0.4) is 0 Å². The molecule has 0 unspecified atom stereocenters. The van der Waals surface area contributed by atoms with Gasteiger partial charge in [0, 0.05) is 17.2 Å². The minimum Gasteiger partial charge on any atom is -0.545 e. The van der Waals surface area contributed by atoms with Crippen LogP contribution in [0.4, 0.5) is 5.82 Å². The second-order valence-electron chi connectivity index (χ2n) is 3.97. The number of carboxylic acid groups (broad SMARTS) is 2. The topological polar surface area (TPSA) is 118 Å². The molecule has 2 rings (SSSR count). The Labute approximate surface area is 113 Å². The number of para-hydroxylation sites is 1. The highest BCUT2D eigenvalue weighted by molar-refractivity contribution is 6.11. The van der Waals surface area contributed by atoms with Crippen molar-refractivity contribution in [3.63, 3.8) is 0 Å². The molecule has 0 atom stereocenters. The molecule has 0 spiro atoms. The maximum atomic E-state index is 10.6. The molecule has 0 saturated heterocycles. The Balaban J connectivity index is 2.45. The Morgan fingerprint density at radius 3 is 2.55 bits per heavy atom. The Bertz CT molecular complexity index is 709. The molecule has 1 heterocycles. The minimum atomic E-state index is -1.84. The van der Waals surface area contributed by atoms with Crippen LogP contribution in [0.5, 0.6) is 0 Å². The molecule has 0 aliphatic heterocycles. The molecule has 7 heteroatoms. The number of rotatable bonds is 4. The van der Waals surface area contributed by atoms with Gasteiger partial charge in [0.15, 0.2) is 0 Å². The number of aromatic nitrogens is 2. The Morgan fingerprint density at radius 1 is 1.20 bits per heavy atom. The van der Waals surface area contributed by atoms with Crippen molar-refractivity contribution in [3.8, 4) is 0 Å². The highest BCUT2D eigenvalue weighted by Gasteiger charge is 2.05. The number of aliphatic carboxylic acids is 2. The number of carboxylic acids is 2. The molecule has 0 amide bonds. The molecule has 0 radical (unpaired) electrons.